The van der Waals surface area contributed by atoms with Gasteiger partial charge in [0.15, 0.2) is 0 Å². The number of rotatable bonds is 8. The lowest BCUT2D eigenvalue weighted by Crippen LogP contribution is -2.61. The maximum absolute atomic E-state index is 13.2. The Labute approximate surface area is 179 Å². The van der Waals surface area contributed by atoms with Crippen LogP contribution < -0.4 is 10.1 Å². The van der Waals surface area contributed by atoms with Crippen LogP contribution >= 0.6 is 0 Å². The Kier molecular flexibility index (Phi) is 5.64. The van der Waals surface area contributed by atoms with Crippen molar-refractivity contribution in [2.75, 3.05) is 6.61 Å². The normalized spacial score (nSPS) is 32.6. The van der Waals surface area contributed by atoms with Gasteiger partial charge in [-0.25, -0.2) is 4.68 Å². The van der Waals surface area contributed by atoms with Gasteiger partial charge in [-0.05, 0) is 75.5 Å². The summed E-state index contributed by atoms with van der Waals surface area (Å²) < 4.78 is 7.74. The number of amides is 1. The second-order valence-electron chi connectivity index (χ2n) is 11.0. The molecule has 4 saturated carbocycles. The van der Waals surface area contributed by atoms with Crippen LogP contribution in [-0.2, 0) is 6.54 Å². The monoisotopic (exact) mass is 419 g/mol. The molecule has 30 heavy (non-hydrogen) atoms. The molecule has 3 N–H and O–H groups in total. The van der Waals surface area contributed by atoms with Crippen molar-refractivity contribution in [3.8, 4) is 5.88 Å². The highest BCUT2D eigenvalue weighted by atomic mass is 16.5. The van der Waals surface area contributed by atoms with Crippen molar-refractivity contribution in [3.63, 3.8) is 0 Å². The van der Waals surface area contributed by atoms with E-state index in [1.54, 1.807) is 10.9 Å². The van der Waals surface area contributed by atoms with Gasteiger partial charge in [-0.3, -0.25) is 4.79 Å². The predicted molar refractivity (Wildman–Crippen MR) is 113 cm³/mol. The number of carbonyl (C=O) groups is 1. The lowest BCUT2D eigenvalue weighted by Gasteiger charge is -2.58. The molecule has 0 saturated heterocycles. The highest BCUT2D eigenvalue weighted by molar-refractivity contribution is 5.96. The van der Waals surface area contributed by atoms with Crippen LogP contribution in [0.2, 0.25) is 0 Å². The van der Waals surface area contributed by atoms with Crippen molar-refractivity contribution >= 4 is 5.91 Å². The predicted octanol–water partition coefficient (Wildman–Crippen LogP) is 2.75. The highest BCUT2D eigenvalue weighted by Crippen LogP contribution is 2.55. The second kappa shape index (κ2) is 7.83. The first kappa shape index (κ1) is 21.6. The number of aliphatic hydroxyl groups excluding tert-OH is 1. The summed E-state index contributed by atoms with van der Waals surface area (Å²) in [6, 6.07) is 0.123. The molecule has 0 radical (unpaired) electrons. The first-order chi connectivity index (χ1) is 14.1. The van der Waals surface area contributed by atoms with Gasteiger partial charge in [-0.15, -0.1) is 0 Å². The molecule has 5 rings (SSSR count). The summed E-state index contributed by atoms with van der Waals surface area (Å²) in [6.07, 6.45) is 7.00. The van der Waals surface area contributed by atoms with E-state index < -0.39 is 5.60 Å². The number of ether oxygens (including phenoxy) is 1. The van der Waals surface area contributed by atoms with Gasteiger partial charge >= 0.3 is 0 Å². The third-order valence-electron chi connectivity index (χ3n) is 7.35. The van der Waals surface area contributed by atoms with E-state index in [1.165, 1.54) is 0 Å². The Morgan fingerprint density at radius 3 is 2.57 bits per heavy atom. The number of hydrogen-bond acceptors (Lipinski definition) is 5. The number of aromatic nitrogens is 2. The molecule has 2 atom stereocenters. The zero-order valence-electron chi connectivity index (χ0n) is 18.7. The Bertz CT molecular complexity index is 771. The highest BCUT2D eigenvalue weighted by Gasteiger charge is 2.55. The van der Waals surface area contributed by atoms with Crippen LogP contribution in [0.5, 0.6) is 5.88 Å². The summed E-state index contributed by atoms with van der Waals surface area (Å²) in [5.41, 5.74) is -0.254. The van der Waals surface area contributed by atoms with E-state index in [9.17, 15) is 15.0 Å². The number of nitrogens with one attached hydrogen (secondary N) is 1. The van der Waals surface area contributed by atoms with Gasteiger partial charge in [-0.2, -0.15) is 5.10 Å². The van der Waals surface area contributed by atoms with Crippen molar-refractivity contribution in [2.45, 2.75) is 90.5 Å². The van der Waals surface area contributed by atoms with E-state index in [1.807, 2.05) is 27.7 Å². The molecule has 0 aliphatic heterocycles. The fourth-order valence-electron chi connectivity index (χ4n) is 5.97. The number of aryl methyl sites for hydroxylation is 1. The Hall–Kier alpha value is -1.60. The smallest absolute Gasteiger partial charge is 0.258 e. The molecule has 0 aromatic carbocycles. The summed E-state index contributed by atoms with van der Waals surface area (Å²) in [6.45, 7) is 8.57. The minimum atomic E-state index is -0.506. The molecule has 1 amide bonds. The standard InChI is InChI=1S/C23H37N3O4/c1-14(2)30-21-18(12-24-26(21)6-5-22(3,4)13-27)20(28)25-19-16-7-15-8-17(19)11-23(29,9-15)10-16/h12,14-17,19,27,29H,5-11,13H2,1-4H3,(H,25,28). The van der Waals surface area contributed by atoms with E-state index in [4.69, 9.17) is 4.74 Å². The van der Waals surface area contributed by atoms with Crippen LogP contribution in [0.1, 0.15) is 76.6 Å². The van der Waals surface area contributed by atoms with Gasteiger partial charge in [0.05, 0.1) is 17.9 Å². The van der Waals surface area contributed by atoms with Gasteiger partial charge in [0.25, 0.3) is 5.91 Å². The third-order valence-corrected chi connectivity index (χ3v) is 7.35. The van der Waals surface area contributed by atoms with Crippen molar-refractivity contribution < 1.29 is 19.7 Å². The average molecular weight is 420 g/mol. The van der Waals surface area contributed by atoms with E-state index in [-0.39, 0.29) is 30.1 Å². The first-order valence-corrected chi connectivity index (χ1v) is 11.5. The van der Waals surface area contributed by atoms with E-state index in [0.717, 1.165) is 38.5 Å². The summed E-state index contributed by atoms with van der Waals surface area (Å²) >= 11 is 0. The Morgan fingerprint density at radius 1 is 1.33 bits per heavy atom. The van der Waals surface area contributed by atoms with Crippen molar-refractivity contribution in [1.29, 1.82) is 0 Å². The fourth-order valence-corrected chi connectivity index (χ4v) is 5.97. The van der Waals surface area contributed by atoms with Crippen molar-refractivity contribution in [2.24, 2.45) is 23.2 Å². The first-order valence-electron chi connectivity index (χ1n) is 11.5. The second-order valence-corrected chi connectivity index (χ2v) is 11.0. The summed E-state index contributed by atoms with van der Waals surface area (Å²) in [5, 5.41) is 28.1. The number of hydrogen-bond donors (Lipinski definition) is 3. The lowest BCUT2D eigenvalue weighted by atomic mass is 9.52. The zero-order chi connectivity index (χ0) is 21.7. The molecule has 7 nitrogen and oxygen atoms in total. The fraction of sp³-hybridized carbons (Fsp3) is 0.826. The minimum Gasteiger partial charge on any atom is -0.475 e. The van der Waals surface area contributed by atoms with Gasteiger partial charge in [0.2, 0.25) is 5.88 Å². The topological polar surface area (TPSA) is 96.6 Å². The number of aliphatic hydroxyl groups is 2. The SMILES string of the molecule is CC(C)Oc1c(C(=O)NC2C3CC4CC2CC(O)(C4)C3)cnn1CCC(C)(C)CO. The molecule has 4 bridgehead atoms. The quantitative estimate of drug-likeness (QED) is 0.602. The van der Waals surface area contributed by atoms with Crippen LogP contribution in [-0.4, -0.2) is 50.3 Å². The van der Waals surface area contributed by atoms with Crippen LogP contribution in [0.25, 0.3) is 0 Å². The molecular formula is C23H37N3O4. The van der Waals surface area contributed by atoms with Crippen LogP contribution in [0.3, 0.4) is 0 Å². The molecule has 7 heteroatoms. The molecule has 4 fully saturated rings. The molecule has 1 heterocycles. The third kappa shape index (κ3) is 4.24. The van der Waals surface area contributed by atoms with Crippen molar-refractivity contribution in [1.82, 2.24) is 15.1 Å². The summed E-state index contributed by atoms with van der Waals surface area (Å²) in [5.74, 6) is 1.69. The maximum Gasteiger partial charge on any atom is 0.258 e. The Morgan fingerprint density at radius 2 is 2.00 bits per heavy atom. The van der Waals surface area contributed by atoms with Gasteiger partial charge in [0.1, 0.15) is 5.56 Å². The molecule has 1 aromatic heterocycles. The molecule has 4 aliphatic carbocycles. The minimum absolute atomic E-state index is 0.0757. The van der Waals surface area contributed by atoms with Crippen LogP contribution in [0.4, 0.5) is 0 Å². The van der Waals surface area contributed by atoms with E-state index >= 15 is 0 Å². The largest absolute Gasteiger partial charge is 0.475 e. The van der Waals surface area contributed by atoms with Crippen molar-refractivity contribution in [3.05, 3.63) is 11.8 Å². The molecule has 4 aliphatic rings. The zero-order valence-corrected chi connectivity index (χ0v) is 18.7. The average Bonchev–Trinajstić information content (AvgIpc) is 3.03. The van der Waals surface area contributed by atoms with E-state index in [2.05, 4.69) is 10.4 Å². The van der Waals surface area contributed by atoms with Crippen LogP contribution in [0.15, 0.2) is 6.20 Å². The molecule has 2 unspecified atom stereocenters. The maximum atomic E-state index is 13.2. The van der Waals surface area contributed by atoms with Crippen LogP contribution in [0, 0.1) is 23.2 Å². The number of nitrogens with zero attached hydrogens (tertiary/aromatic N) is 2. The molecule has 168 valence electrons. The van der Waals surface area contributed by atoms with Gasteiger partial charge in [0, 0.05) is 19.2 Å². The number of carbonyl (C=O) groups excluding carboxylic acids is 1. The molecule has 0 spiro atoms. The lowest BCUT2D eigenvalue weighted by molar-refractivity contribution is -0.136. The summed E-state index contributed by atoms with van der Waals surface area (Å²) in [7, 11) is 0. The molecular weight excluding hydrogens is 382 g/mol. The Balaban J connectivity index is 1.49. The van der Waals surface area contributed by atoms with E-state index in [0.29, 0.717) is 35.7 Å². The van der Waals surface area contributed by atoms with Gasteiger partial charge < -0.3 is 20.3 Å². The summed E-state index contributed by atoms with van der Waals surface area (Å²) in [4.78, 5) is 13.2. The van der Waals surface area contributed by atoms with Gasteiger partial charge in [-0.1, -0.05) is 13.8 Å². The molecule has 1 aromatic rings.